The molecular weight excluding hydrogens is 1250 g/mol. The largest absolute Gasteiger partial charge is 0.370 e. The van der Waals surface area contributed by atoms with Crippen LogP contribution in [0.1, 0.15) is 287 Å². The Balaban J connectivity index is -0.00000109. The normalized spacial score (nSPS) is 12.9. The quantitative estimate of drug-likeness (QED) is 0.128. The van der Waals surface area contributed by atoms with Crippen LogP contribution in [0.5, 0.6) is 0 Å². The molecule has 0 bridgehead atoms. The van der Waals surface area contributed by atoms with Crippen molar-refractivity contribution in [1.82, 2.24) is 24.5 Å². The topological polar surface area (TPSA) is 25.9 Å². The highest BCUT2D eigenvalue weighted by atomic mass is 32.2. The number of fused-ring (bicyclic) bond motifs is 3. The molecule has 0 unspecified atom stereocenters. The second-order valence-corrected chi connectivity index (χ2v) is 38.4. The highest BCUT2D eigenvalue weighted by Gasteiger charge is 2.38. The van der Waals surface area contributed by atoms with Crippen LogP contribution in [0.4, 0.5) is 17.1 Å². The van der Waals surface area contributed by atoms with Crippen LogP contribution in [-0.4, -0.2) is 165 Å². The van der Waals surface area contributed by atoms with Crippen LogP contribution in [-0.2, 0) is 4.75 Å². The molecule has 0 aromatic heterocycles. The first-order valence-corrected chi connectivity index (χ1v) is 39.4. The summed E-state index contributed by atoms with van der Waals surface area (Å²) < 4.78 is 0.118. The number of hydrogen-bond donors (Lipinski definition) is 0. The number of para-hydroxylation sites is 3. The van der Waals surface area contributed by atoms with Gasteiger partial charge in [-0.25, -0.2) is 0 Å². The molecule has 101 heavy (non-hydrogen) atoms. The number of anilines is 3. The van der Waals surface area contributed by atoms with Gasteiger partial charge in [0, 0.05) is 94.6 Å². The molecule has 0 heterocycles. The summed E-state index contributed by atoms with van der Waals surface area (Å²) in [5.74, 6) is 1.12. The lowest BCUT2D eigenvalue weighted by atomic mass is 9.90. The smallest absolute Gasteiger partial charge is 0.0638 e. The van der Waals surface area contributed by atoms with E-state index in [0.29, 0.717) is 51.6 Å². The van der Waals surface area contributed by atoms with Gasteiger partial charge in [-0.05, 0) is 345 Å². The predicted molar refractivity (Wildman–Crippen MR) is 468 cm³/mol. The van der Waals surface area contributed by atoms with E-state index in [9.17, 15) is 0 Å². The third-order valence-corrected chi connectivity index (χ3v) is 22.4. The average Bonchev–Trinajstić information content (AvgIpc) is 1.59. The molecule has 1 aliphatic rings. The Bertz CT molecular complexity index is 2870. The third-order valence-electron chi connectivity index (χ3n) is 21.1. The van der Waals surface area contributed by atoms with Gasteiger partial charge in [0.15, 0.2) is 0 Å². The van der Waals surface area contributed by atoms with Crippen LogP contribution in [0.3, 0.4) is 0 Å². The molecule has 8 nitrogen and oxygen atoms in total. The summed E-state index contributed by atoms with van der Waals surface area (Å²) in [5, 5.41) is 0. The molecule has 0 N–H and O–H groups in total. The van der Waals surface area contributed by atoms with Gasteiger partial charge in [0.25, 0.3) is 0 Å². The van der Waals surface area contributed by atoms with Crippen LogP contribution < -0.4 is 14.7 Å². The van der Waals surface area contributed by atoms with Crippen molar-refractivity contribution in [3.8, 4) is 11.1 Å². The van der Waals surface area contributed by atoms with Crippen molar-refractivity contribution in [2.75, 3.05) is 98.5 Å². The zero-order valence-electron chi connectivity index (χ0n) is 75.7. The monoisotopic (exact) mass is 1420 g/mol. The van der Waals surface area contributed by atoms with Gasteiger partial charge in [-0.15, -0.1) is 11.8 Å². The minimum Gasteiger partial charge on any atom is -0.370 e. The lowest BCUT2D eigenvalue weighted by Crippen LogP contribution is -2.42. The van der Waals surface area contributed by atoms with E-state index in [4.69, 9.17) is 0 Å². The van der Waals surface area contributed by atoms with Gasteiger partial charge in [-0.1, -0.05) is 145 Å². The second kappa shape index (κ2) is 43.3. The zero-order chi connectivity index (χ0) is 80.3. The van der Waals surface area contributed by atoms with Gasteiger partial charge in [-0.2, -0.15) is 0 Å². The molecule has 9 heteroatoms. The summed E-state index contributed by atoms with van der Waals surface area (Å²) >= 11 is 1.92. The summed E-state index contributed by atoms with van der Waals surface area (Å²) in [7, 11) is 23.4. The third kappa shape index (κ3) is 35.1. The highest BCUT2D eigenvalue weighted by molar-refractivity contribution is 7.99. The van der Waals surface area contributed by atoms with Crippen molar-refractivity contribution in [2.45, 2.75) is 328 Å². The fourth-order valence-electron chi connectivity index (χ4n) is 10.0. The van der Waals surface area contributed by atoms with Gasteiger partial charge in [-0.3, -0.25) is 9.80 Å². The highest BCUT2D eigenvalue weighted by Crippen LogP contribution is 2.53. The molecule has 0 radical (unpaired) electrons. The summed E-state index contributed by atoms with van der Waals surface area (Å²) in [4.78, 5) is 18.4. The SMILES string of the molecule is CC(C)N(C)C(C)(C)C.CC(C)N(C)C(C)(C)C.CC(C)c1cccc(C(C)C)c1N(C)C(C)(C)C.CCC(C)(CC)N(C)C.CN(C)C(C)(C)C.CN(C)C(C)(C)C.CN(c1ccccc1)C(C)(C)C.CSC1(C)c2ccccc2-c2ccccc21.Cc1cccc(C)c1N(C)C(C)(C)C. The number of benzene rings is 5. The van der Waals surface area contributed by atoms with Gasteiger partial charge < -0.3 is 29.4 Å². The van der Waals surface area contributed by atoms with Crippen LogP contribution in [0, 0.1) is 13.8 Å². The molecule has 0 saturated heterocycles. The number of rotatable bonds is 11. The van der Waals surface area contributed by atoms with E-state index >= 15 is 0 Å². The molecule has 1 aliphatic carbocycles. The van der Waals surface area contributed by atoms with Crippen LogP contribution >= 0.6 is 11.8 Å². The van der Waals surface area contributed by atoms with Crippen molar-refractivity contribution < 1.29 is 0 Å². The Morgan fingerprint density at radius 2 is 0.614 bits per heavy atom. The zero-order valence-corrected chi connectivity index (χ0v) is 76.5. The number of nitrogens with zero attached hydrogens (tertiary/aromatic N) is 8. The molecule has 0 atom stereocenters. The van der Waals surface area contributed by atoms with Crippen LogP contribution in [0.15, 0.2) is 115 Å². The lowest BCUT2D eigenvalue weighted by Gasteiger charge is -2.38. The standard InChI is InChI=1S/C17H29N.C15H14S.C13H21N.C11H17N.3C8H19N.2C6H15N/c1-12(2)14-10-9-11-15(13(3)4)16(14)18(8)17(5,6)7;1-15(16-2)13-9-5-3-7-11(13)12-8-4-6-10-14(12)15;1-10-8-7-9-11(2)12(10)14(6)13(3,4)5;1-11(2,3)12(4)10-8-6-5-7-9-10;2*1-7(2)9(6)8(3,4)5;1-6-8(3,7-2)9(4)5;2*1-6(2,3)7(4)5/h9-13H,1-8H3;3-10H,1-2H3;7-9H,1-6H3;5-9H,1-4H3;2*7H,1-6H3;6-7H2,1-5H3;2*1-5H3. The maximum absolute atomic E-state index is 2.43. The number of aryl methyl sites for hydroxylation is 2. The van der Waals surface area contributed by atoms with Crippen LogP contribution in [0.25, 0.3) is 11.1 Å². The molecule has 0 saturated carbocycles. The Kier molecular flexibility index (Phi) is 43.2. The lowest BCUT2D eigenvalue weighted by molar-refractivity contribution is 0.136. The molecule has 0 spiro atoms. The van der Waals surface area contributed by atoms with E-state index in [0.717, 1.165) is 0 Å². The molecule has 582 valence electrons. The van der Waals surface area contributed by atoms with Crippen LogP contribution in [0.2, 0.25) is 0 Å². The van der Waals surface area contributed by atoms with Crippen molar-refractivity contribution in [3.05, 3.63) is 149 Å². The van der Waals surface area contributed by atoms with Gasteiger partial charge in [0.1, 0.15) is 0 Å². The second-order valence-electron chi connectivity index (χ2n) is 37.2. The van der Waals surface area contributed by atoms with Crippen molar-refractivity contribution >= 4 is 28.8 Å². The molecule has 5 aromatic carbocycles. The first-order valence-electron chi connectivity index (χ1n) is 38.1. The Labute approximate surface area is 636 Å². The fourth-order valence-corrected chi connectivity index (χ4v) is 10.8. The van der Waals surface area contributed by atoms with Crippen molar-refractivity contribution in [2.24, 2.45) is 0 Å². The van der Waals surface area contributed by atoms with E-state index in [1.54, 1.807) is 0 Å². The number of hydrogen-bond acceptors (Lipinski definition) is 9. The fraction of sp³-hybridized carbons (Fsp3) is 0.674. The molecular formula is C92H168N8S. The van der Waals surface area contributed by atoms with Gasteiger partial charge in [0.05, 0.1) is 4.75 Å². The predicted octanol–water partition coefficient (Wildman–Crippen LogP) is 25.0. The maximum atomic E-state index is 2.43. The van der Waals surface area contributed by atoms with Gasteiger partial charge >= 0.3 is 0 Å². The van der Waals surface area contributed by atoms with E-state index in [1.165, 1.54) is 74.4 Å². The minimum atomic E-state index is 0.118. The average molecular weight is 1420 g/mol. The molecule has 0 aliphatic heterocycles. The summed E-state index contributed by atoms with van der Waals surface area (Å²) in [6.07, 6.45) is 4.66. The van der Waals surface area contributed by atoms with E-state index in [-0.39, 0.29) is 21.4 Å². The van der Waals surface area contributed by atoms with E-state index < -0.39 is 0 Å². The molecule has 0 fully saturated rings. The number of thioether (sulfide) groups is 1. The molecule has 5 aromatic rings. The summed E-state index contributed by atoms with van der Waals surface area (Å²) in [5.41, 5.74) is 17.6. The Morgan fingerprint density at radius 1 is 0.337 bits per heavy atom. The first-order chi connectivity index (χ1) is 45.4. The van der Waals surface area contributed by atoms with E-state index in [1.807, 2.05) is 17.8 Å². The van der Waals surface area contributed by atoms with Crippen molar-refractivity contribution in [1.29, 1.82) is 0 Å². The van der Waals surface area contributed by atoms with Crippen molar-refractivity contribution in [3.63, 3.8) is 0 Å². The molecule has 6 rings (SSSR count). The Morgan fingerprint density at radius 3 is 0.832 bits per heavy atom. The maximum Gasteiger partial charge on any atom is 0.0638 e. The molecule has 0 amide bonds. The van der Waals surface area contributed by atoms with Gasteiger partial charge in [0.2, 0.25) is 0 Å². The summed E-state index contributed by atoms with van der Waals surface area (Å²) in [6.45, 7) is 78.1. The summed E-state index contributed by atoms with van der Waals surface area (Å²) in [6, 6.07) is 42.4. The minimum absolute atomic E-state index is 0.118. The Hall–Kier alpha value is -4.35. The first kappa shape index (κ1) is 101. The van der Waals surface area contributed by atoms with E-state index in [2.05, 4.69) is 475 Å².